The predicted molar refractivity (Wildman–Crippen MR) is 270 cm³/mol. The summed E-state index contributed by atoms with van der Waals surface area (Å²) in [6.45, 7) is 27.2. The molecule has 20 unspecified atom stereocenters. The standard InChI is InChI=1S/C55H88ClFN2O13/c1-17-42-55(14)47(58(52(64)72-55)23-22-36-18-19-38(57)37(56)25-36)32(8)44(60)30(6)26-54(13,66-16)49(33(9)46(34(10)50(63)69-42)70-43-27-53(12,65-15)48(62)35(11)68-43)71-51-45(61)41(24-31(7)67-51)59-39(28(2)3)20-21-40(59)29(4)5/h18-19,25,28-35,39-43,45-49,51,61-62H,17,20-24,26-27H2,1-16H3. The molecule has 0 aliphatic carbocycles. The molecular formula is C55H88ClFN2O13. The fourth-order valence-electron chi connectivity index (χ4n) is 13.3. The molecule has 0 radical (unpaired) electrons. The zero-order chi connectivity index (χ0) is 53.5. The van der Waals surface area contributed by atoms with Crippen molar-refractivity contribution >= 4 is 29.4 Å². The summed E-state index contributed by atoms with van der Waals surface area (Å²) in [5.41, 5.74) is -3.21. The van der Waals surface area contributed by atoms with E-state index in [1.54, 1.807) is 47.8 Å². The summed E-state index contributed by atoms with van der Waals surface area (Å²) in [6.07, 6.45) is -5.64. The van der Waals surface area contributed by atoms with Crippen LogP contribution in [0, 0.1) is 41.3 Å². The minimum absolute atomic E-state index is 0.0521. The Morgan fingerprint density at radius 2 is 1.50 bits per heavy atom. The maximum absolute atomic E-state index is 15.2. The molecule has 72 heavy (non-hydrogen) atoms. The molecule has 0 aromatic heterocycles. The summed E-state index contributed by atoms with van der Waals surface area (Å²) in [4.78, 5) is 48.5. The number of ketones is 1. The lowest BCUT2D eigenvalue weighted by atomic mass is 9.73. The third-order valence-electron chi connectivity index (χ3n) is 17.5. The van der Waals surface area contributed by atoms with Crippen molar-refractivity contribution in [1.29, 1.82) is 0 Å². The molecule has 15 nitrogen and oxygen atoms in total. The maximum atomic E-state index is 15.2. The Hall–Kier alpha value is -2.51. The zero-order valence-electron chi connectivity index (χ0n) is 45.9. The minimum atomic E-state index is -1.50. The number of aliphatic hydroxyl groups is 2. The van der Waals surface area contributed by atoms with Gasteiger partial charge in [0.15, 0.2) is 18.2 Å². The fraction of sp³-hybridized carbons (Fsp3) is 0.836. The second-order valence-corrected chi connectivity index (χ2v) is 23.7. The van der Waals surface area contributed by atoms with Crippen LogP contribution in [0.3, 0.4) is 0 Å². The number of hydrogen-bond donors (Lipinski definition) is 2. The van der Waals surface area contributed by atoms with Crippen molar-refractivity contribution in [2.45, 2.75) is 238 Å². The van der Waals surface area contributed by atoms with Gasteiger partial charge in [-0.05, 0) is 110 Å². The van der Waals surface area contributed by atoms with Gasteiger partial charge in [-0.25, -0.2) is 9.18 Å². The first-order valence-electron chi connectivity index (χ1n) is 26.7. The molecule has 1 aromatic rings. The zero-order valence-corrected chi connectivity index (χ0v) is 46.7. The van der Waals surface area contributed by atoms with Crippen molar-refractivity contribution in [3.63, 3.8) is 0 Å². The van der Waals surface area contributed by atoms with E-state index in [2.05, 4.69) is 32.6 Å². The molecule has 5 heterocycles. The largest absolute Gasteiger partial charge is 0.458 e. The van der Waals surface area contributed by atoms with Crippen molar-refractivity contribution in [1.82, 2.24) is 9.80 Å². The number of benzene rings is 1. The van der Waals surface area contributed by atoms with Crippen LogP contribution in [-0.2, 0) is 53.9 Å². The smallest absolute Gasteiger partial charge is 0.410 e. The third-order valence-corrected chi connectivity index (χ3v) is 17.8. The van der Waals surface area contributed by atoms with E-state index in [1.165, 1.54) is 24.1 Å². The molecule has 2 N–H and O–H groups in total. The SMILES string of the molecule is CCC1OC(=O)C(C)C(OC2CC(C)(OC)C(O)C(C)O2)C(C)C(OC2OC(C)CC(N3C(C(C)C)CCC3C(C)C)C2O)C(C)(OC)CC(C)C(=O)C(C)C2N(CCc3ccc(F)c(Cl)c3)C(=O)OC12C. The van der Waals surface area contributed by atoms with Crippen molar-refractivity contribution in [3.8, 4) is 0 Å². The summed E-state index contributed by atoms with van der Waals surface area (Å²) in [5, 5.41) is 23.8. The average molecular weight is 1040 g/mol. The van der Waals surface area contributed by atoms with Crippen LogP contribution in [0.5, 0.6) is 0 Å². The molecular weight excluding hydrogens is 951 g/mol. The Bertz CT molecular complexity index is 2020. The van der Waals surface area contributed by atoms with E-state index in [0.29, 0.717) is 23.8 Å². The highest BCUT2D eigenvalue weighted by Gasteiger charge is 2.61. The third kappa shape index (κ3) is 11.7. The van der Waals surface area contributed by atoms with Crippen LogP contribution in [-0.4, -0.2) is 155 Å². The Kier molecular flexibility index (Phi) is 19.1. The first kappa shape index (κ1) is 58.7. The summed E-state index contributed by atoms with van der Waals surface area (Å²) in [6, 6.07) is 3.68. The van der Waals surface area contributed by atoms with Crippen molar-refractivity contribution < 1.29 is 66.9 Å². The lowest BCUT2D eigenvalue weighted by Crippen LogP contribution is -2.63. The number of methoxy groups -OCH3 is 2. The van der Waals surface area contributed by atoms with Gasteiger partial charge in [0.05, 0.1) is 52.6 Å². The van der Waals surface area contributed by atoms with Crippen LogP contribution >= 0.6 is 11.6 Å². The number of esters is 1. The van der Waals surface area contributed by atoms with Gasteiger partial charge in [0, 0.05) is 63.1 Å². The fourth-order valence-corrected chi connectivity index (χ4v) is 13.5. The van der Waals surface area contributed by atoms with Crippen LogP contribution in [0.25, 0.3) is 0 Å². The number of hydrogen-bond acceptors (Lipinski definition) is 14. The summed E-state index contributed by atoms with van der Waals surface area (Å²) < 4.78 is 66.7. The first-order valence-corrected chi connectivity index (χ1v) is 27.1. The highest BCUT2D eigenvalue weighted by molar-refractivity contribution is 6.30. The van der Waals surface area contributed by atoms with E-state index in [-0.39, 0.29) is 67.3 Å². The maximum Gasteiger partial charge on any atom is 0.410 e. The number of nitrogens with zero attached hydrogens (tertiary/aromatic N) is 2. The lowest BCUT2D eigenvalue weighted by Gasteiger charge is -2.51. The van der Waals surface area contributed by atoms with Gasteiger partial charge < -0.3 is 48.1 Å². The van der Waals surface area contributed by atoms with E-state index in [0.717, 1.165) is 12.8 Å². The highest BCUT2D eigenvalue weighted by atomic mass is 35.5. The minimum Gasteiger partial charge on any atom is -0.458 e. The topological polar surface area (TPSA) is 172 Å². The normalized spacial score (nSPS) is 42.9. The van der Waals surface area contributed by atoms with E-state index < -0.39 is 114 Å². The quantitative estimate of drug-likeness (QED) is 0.180. The number of rotatable bonds is 13. The van der Waals surface area contributed by atoms with E-state index >= 15 is 9.59 Å². The van der Waals surface area contributed by atoms with Gasteiger partial charge in [-0.1, -0.05) is 73.1 Å². The van der Waals surface area contributed by atoms with Crippen LogP contribution in [0.4, 0.5) is 9.18 Å². The number of Topliss-reactive ketones (excluding diaryl/α,β-unsaturated/α-hetero) is 1. The number of ether oxygens (including phenoxy) is 8. The Morgan fingerprint density at radius 1 is 0.875 bits per heavy atom. The van der Waals surface area contributed by atoms with Gasteiger partial charge in [-0.2, -0.15) is 0 Å². The lowest BCUT2D eigenvalue weighted by molar-refractivity contribution is -0.320. The molecule has 5 saturated heterocycles. The highest BCUT2D eigenvalue weighted by Crippen LogP contribution is 2.46. The van der Waals surface area contributed by atoms with Crippen molar-refractivity contribution in [3.05, 3.63) is 34.6 Å². The molecule has 5 aliphatic heterocycles. The molecule has 0 saturated carbocycles. The van der Waals surface area contributed by atoms with Gasteiger partial charge in [0.1, 0.15) is 29.9 Å². The van der Waals surface area contributed by atoms with Gasteiger partial charge in [-0.3, -0.25) is 19.4 Å². The van der Waals surface area contributed by atoms with Crippen LogP contribution in [0.2, 0.25) is 5.02 Å². The van der Waals surface area contributed by atoms with Gasteiger partial charge in [-0.15, -0.1) is 0 Å². The molecule has 1 aromatic carbocycles. The van der Waals surface area contributed by atoms with E-state index in [4.69, 9.17) is 49.5 Å². The predicted octanol–water partition coefficient (Wildman–Crippen LogP) is 8.53. The Balaban J connectivity index is 1.46. The first-order chi connectivity index (χ1) is 33.7. The van der Waals surface area contributed by atoms with Gasteiger partial charge >= 0.3 is 12.1 Å². The van der Waals surface area contributed by atoms with Gasteiger partial charge in [0.2, 0.25) is 0 Å². The molecule has 0 spiro atoms. The van der Waals surface area contributed by atoms with Crippen molar-refractivity contribution in [2.75, 3.05) is 20.8 Å². The average Bonchev–Trinajstić information content (AvgIpc) is 3.89. The second kappa shape index (κ2) is 23.4. The number of halogens is 2. The molecule has 20 atom stereocenters. The van der Waals surface area contributed by atoms with E-state index in [1.807, 2.05) is 34.6 Å². The Labute approximate surface area is 433 Å². The van der Waals surface area contributed by atoms with Crippen LogP contribution in [0.15, 0.2) is 18.2 Å². The molecule has 0 bridgehead atoms. The second-order valence-electron chi connectivity index (χ2n) is 23.3. The van der Waals surface area contributed by atoms with Crippen LogP contribution in [0.1, 0.15) is 141 Å². The number of likely N-dealkylation sites (tertiary alicyclic amines) is 1. The van der Waals surface area contributed by atoms with Crippen molar-refractivity contribution in [2.24, 2.45) is 35.5 Å². The number of carbonyl (C=O) groups is 3. The molecule has 410 valence electrons. The van der Waals surface area contributed by atoms with Crippen LogP contribution < -0.4 is 0 Å². The number of fused-ring (bicyclic) bond motifs is 1. The number of cyclic esters (lactones) is 1. The summed E-state index contributed by atoms with van der Waals surface area (Å²) in [5.74, 6) is -4.07. The monoisotopic (exact) mass is 1040 g/mol. The molecule has 6 rings (SSSR count). The number of amides is 1. The number of carbonyl (C=O) groups excluding carboxylic acids is 3. The van der Waals surface area contributed by atoms with Gasteiger partial charge in [0.25, 0.3) is 0 Å². The summed E-state index contributed by atoms with van der Waals surface area (Å²) in [7, 11) is 3.08. The Morgan fingerprint density at radius 3 is 2.07 bits per heavy atom. The number of aliphatic hydroxyl groups excluding tert-OH is 2. The van der Waals surface area contributed by atoms with E-state index in [9.17, 15) is 19.4 Å². The summed E-state index contributed by atoms with van der Waals surface area (Å²) >= 11 is 6.16. The molecule has 5 fully saturated rings. The molecule has 5 aliphatic rings. The molecule has 17 heteroatoms. The molecule has 1 amide bonds.